The van der Waals surface area contributed by atoms with Crippen LogP contribution in [-0.2, 0) is 25.1 Å². The largest absolute Gasteiger partial charge is 0.750 e. The van der Waals surface area contributed by atoms with Gasteiger partial charge in [-0.05, 0) is 6.92 Å². The molecule has 0 aliphatic carbocycles. The maximum Gasteiger partial charge on any atom is 0.333 e. The fourth-order valence-corrected chi connectivity index (χ4v) is 0.491. The van der Waals surface area contributed by atoms with Crippen molar-refractivity contribution >= 4 is 17.3 Å². The molecule has 0 saturated heterocycles. The third-order valence-corrected chi connectivity index (χ3v) is 0.889. The van der Waals surface area contributed by atoms with Crippen molar-refractivity contribution in [1.29, 1.82) is 0 Å². The van der Waals surface area contributed by atoms with Crippen molar-refractivity contribution in [3.63, 3.8) is 0 Å². The monoisotopic (exact) mass is 167 g/mol. The minimum Gasteiger partial charge on any atom is -0.750 e. The van der Waals surface area contributed by atoms with Gasteiger partial charge in [0.2, 0.25) is 0 Å². The summed E-state index contributed by atoms with van der Waals surface area (Å²) in [5, 5.41) is 0. The van der Waals surface area contributed by atoms with Gasteiger partial charge in [0.05, 0.1) is 18.0 Å². The van der Waals surface area contributed by atoms with E-state index in [1.807, 2.05) is 0 Å². The Morgan fingerprint density at radius 2 is 2.30 bits per heavy atom. The van der Waals surface area contributed by atoms with Crippen molar-refractivity contribution < 1.29 is 22.5 Å². The van der Waals surface area contributed by atoms with Crippen LogP contribution in [0, 0.1) is 0 Å². The van der Waals surface area contributed by atoms with Gasteiger partial charge in [-0.15, -0.1) is 0 Å². The van der Waals surface area contributed by atoms with Gasteiger partial charge in [0.25, 0.3) is 0 Å². The van der Waals surface area contributed by atoms with Gasteiger partial charge in [-0.1, -0.05) is 0 Å². The highest BCUT2D eigenvalue weighted by atomic mass is 32.2. The summed E-state index contributed by atoms with van der Waals surface area (Å²) < 4.78 is 27.6. The van der Waals surface area contributed by atoms with E-state index in [0.717, 1.165) is 0 Å². The van der Waals surface area contributed by atoms with Crippen LogP contribution in [0.5, 0.6) is 0 Å². The lowest BCUT2D eigenvalue weighted by Crippen LogP contribution is -2.13. The lowest BCUT2D eigenvalue weighted by atomic mass is 10.7. The molecule has 6 heteroatoms. The molecule has 0 N–H and O–H groups in total. The molecule has 0 aromatic rings. The maximum absolute atomic E-state index is 10.3. The Kier molecular flexibility index (Phi) is 5.09. The topological polar surface area (TPSA) is 75.7 Å². The summed E-state index contributed by atoms with van der Waals surface area (Å²) in [4.78, 5) is 10.3. The molecule has 0 aliphatic heterocycles. The fourth-order valence-electron chi connectivity index (χ4n) is 0.299. The fraction of sp³-hybridized carbons (Fsp3) is 0.750. The number of rotatable bonds is 4. The van der Waals surface area contributed by atoms with E-state index in [1.54, 1.807) is 6.92 Å². The summed E-state index contributed by atoms with van der Waals surface area (Å²) in [6.07, 6.45) is 0. The predicted octanol–water partition coefficient (Wildman–Crippen LogP) is -0.640. The van der Waals surface area contributed by atoms with E-state index in [2.05, 4.69) is 8.92 Å². The van der Waals surface area contributed by atoms with Crippen LogP contribution in [0.2, 0.25) is 0 Å². The molecule has 10 heavy (non-hydrogen) atoms. The first kappa shape index (κ1) is 9.54. The van der Waals surface area contributed by atoms with E-state index in [9.17, 15) is 13.6 Å². The summed E-state index contributed by atoms with van der Waals surface area (Å²) >= 11 is -2.64. The molecule has 0 heterocycles. The zero-order valence-corrected chi connectivity index (χ0v) is 6.18. The lowest BCUT2D eigenvalue weighted by molar-refractivity contribution is -0.145. The van der Waals surface area contributed by atoms with Crippen molar-refractivity contribution in [2.24, 2.45) is 0 Å². The zero-order chi connectivity index (χ0) is 7.98. The third-order valence-electron chi connectivity index (χ3n) is 0.578. The van der Waals surface area contributed by atoms with E-state index in [0.29, 0.717) is 0 Å². The number of hydrogen-bond donors (Lipinski definition) is 0. The minimum atomic E-state index is -2.64. The average Bonchev–Trinajstić information content (AvgIpc) is 1.85. The smallest absolute Gasteiger partial charge is 0.333 e. The first-order valence-corrected chi connectivity index (χ1v) is 3.55. The molecule has 0 saturated carbocycles. The van der Waals surface area contributed by atoms with Crippen LogP contribution in [0.4, 0.5) is 0 Å². The van der Waals surface area contributed by atoms with Crippen LogP contribution in [0.15, 0.2) is 0 Å². The SMILES string of the molecule is CCOC(=O)COS(=O)[O-]. The Labute approximate surface area is 60.8 Å². The molecule has 1 atom stereocenters. The standard InChI is InChI=1S/C4H8O5S/c1-2-8-4(5)3-9-10(6)7/h2-3H2,1H3,(H,6,7)/p-1. The molecule has 0 amide bonds. The van der Waals surface area contributed by atoms with Crippen molar-refractivity contribution in [3.05, 3.63) is 0 Å². The molecule has 0 aromatic heterocycles. The number of carbonyl (C=O) groups is 1. The Morgan fingerprint density at radius 3 is 2.70 bits per heavy atom. The highest BCUT2D eigenvalue weighted by molar-refractivity contribution is 7.74. The molecular formula is C4H7O5S-. The van der Waals surface area contributed by atoms with E-state index in [-0.39, 0.29) is 6.61 Å². The normalized spacial score (nSPS) is 12.6. The van der Waals surface area contributed by atoms with Crippen LogP contribution in [-0.4, -0.2) is 27.9 Å². The number of esters is 1. The number of ether oxygens (including phenoxy) is 1. The van der Waals surface area contributed by atoms with Crippen molar-refractivity contribution in [3.8, 4) is 0 Å². The Morgan fingerprint density at radius 1 is 1.70 bits per heavy atom. The summed E-state index contributed by atoms with van der Waals surface area (Å²) in [6, 6.07) is 0. The molecule has 0 aromatic carbocycles. The Balaban J connectivity index is 3.30. The van der Waals surface area contributed by atoms with Crippen LogP contribution in [0.3, 0.4) is 0 Å². The maximum atomic E-state index is 10.3. The minimum absolute atomic E-state index is 0.216. The van der Waals surface area contributed by atoms with Crippen molar-refractivity contribution in [1.82, 2.24) is 0 Å². The Hall–Kier alpha value is -0.460. The van der Waals surface area contributed by atoms with E-state index < -0.39 is 23.9 Å². The second kappa shape index (κ2) is 5.33. The van der Waals surface area contributed by atoms with Crippen LogP contribution in [0.25, 0.3) is 0 Å². The van der Waals surface area contributed by atoms with E-state index in [4.69, 9.17) is 0 Å². The summed E-state index contributed by atoms with van der Waals surface area (Å²) in [5.41, 5.74) is 0. The third kappa shape index (κ3) is 5.67. The molecule has 60 valence electrons. The highest BCUT2D eigenvalue weighted by Gasteiger charge is 1.99. The van der Waals surface area contributed by atoms with Gasteiger partial charge in [-0.3, -0.25) is 4.18 Å². The second-order valence-corrected chi connectivity index (χ2v) is 1.92. The number of hydrogen-bond acceptors (Lipinski definition) is 5. The van der Waals surface area contributed by atoms with Gasteiger partial charge in [-0.2, -0.15) is 0 Å². The number of carbonyl (C=O) groups excluding carboxylic acids is 1. The molecule has 0 rings (SSSR count). The quantitative estimate of drug-likeness (QED) is 0.411. The lowest BCUT2D eigenvalue weighted by Gasteiger charge is -2.04. The molecule has 5 nitrogen and oxygen atoms in total. The van der Waals surface area contributed by atoms with Crippen molar-refractivity contribution in [2.75, 3.05) is 13.2 Å². The average molecular weight is 167 g/mol. The van der Waals surface area contributed by atoms with Gasteiger partial charge >= 0.3 is 5.97 Å². The highest BCUT2D eigenvalue weighted by Crippen LogP contribution is 1.82. The molecular weight excluding hydrogens is 160 g/mol. The van der Waals surface area contributed by atoms with Gasteiger partial charge in [0, 0.05) is 0 Å². The van der Waals surface area contributed by atoms with Crippen molar-refractivity contribution in [2.45, 2.75) is 6.92 Å². The van der Waals surface area contributed by atoms with Crippen LogP contribution in [0.1, 0.15) is 6.92 Å². The summed E-state index contributed by atoms with van der Waals surface area (Å²) in [6.45, 7) is 1.28. The summed E-state index contributed by atoms with van der Waals surface area (Å²) in [5.74, 6) is -0.688. The van der Waals surface area contributed by atoms with Gasteiger partial charge < -0.3 is 9.29 Å². The van der Waals surface area contributed by atoms with Gasteiger partial charge in [0.1, 0.15) is 0 Å². The molecule has 0 spiro atoms. The molecule has 0 bridgehead atoms. The zero-order valence-electron chi connectivity index (χ0n) is 5.36. The Bertz CT molecular complexity index is 134. The predicted molar refractivity (Wildman–Crippen MR) is 31.5 cm³/mol. The van der Waals surface area contributed by atoms with E-state index in [1.165, 1.54) is 0 Å². The molecule has 0 radical (unpaired) electrons. The summed E-state index contributed by atoms with van der Waals surface area (Å²) in [7, 11) is 0. The molecule has 0 fully saturated rings. The van der Waals surface area contributed by atoms with Crippen LogP contribution < -0.4 is 0 Å². The molecule has 0 aliphatic rings. The second-order valence-electron chi connectivity index (χ2n) is 1.27. The van der Waals surface area contributed by atoms with Gasteiger partial charge in [0.15, 0.2) is 6.61 Å². The first-order valence-electron chi connectivity index (χ1n) is 2.55. The van der Waals surface area contributed by atoms with E-state index >= 15 is 0 Å². The van der Waals surface area contributed by atoms with Crippen LogP contribution >= 0.6 is 0 Å². The first-order chi connectivity index (χ1) is 4.66. The van der Waals surface area contributed by atoms with Gasteiger partial charge in [-0.25, -0.2) is 9.00 Å². The molecule has 1 unspecified atom stereocenters.